The molecule has 2 unspecified atom stereocenters. The molecule has 28 heavy (non-hydrogen) atoms. The zero-order valence-corrected chi connectivity index (χ0v) is 18.6. The van der Waals surface area contributed by atoms with Gasteiger partial charge in [-0.25, -0.2) is 0 Å². The summed E-state index contributed by atoms with van der Waals surface area (Å²) in [5.41, 5.74) is 2.58. The Morgan fingerprint density at radius 3 is 2.54 bits per heavy atom. The fraction of sp³-hybridized carbons (Fsp3) is 0.696. The first-order valence-corrected chi connectivity index (χ1v) is 10.4. The van der Waals surface area contributed by atoms with Crippen molar-refractivity contribution in [3.8, 4) is 11.5 Å². The van der Waals surface area contributed by atoms with Gasteiger partial charge in [0.25, 0.3) is 5.91 Å². The van der Waals surface area contributed by atoms with Crippen LogP contribution in [0.4, 0.5) is 0 Å². The predicted molar refractivity (Wildman–Crippen MR) is 112 cm³/mol. The van der Waals surface area contributed by atoms with Crippen molar-refractivity contribution in [1.29, 1.82) is 0 Å². The average molecular weight is 392 g/mol. The summed E-state index contributed by atoms with van der Waals surface area (Å²) in [5, 5.41) is 13.4. The molecule has 0 saturated heterocycles. The van der Waals surface area contributed by atoms with Gasteiger partial charge >= 0.3 is 0 Å². The molecule has 2 atom stereocenters. The van der Waals surface area contributed by atoms with E-state index in [1.165, 1.54) is 0 Å². The van der Waals surface area contributed by atoms with E-state index in [9.17, 15) is 9.90 Å². The molecule has 1 aliphatic heterocycles. The summed E-state index contributed by atoms with van der Waals surface area (Å²) in [6.45, 7) is 15.9. The highest BCUT2D eigenvalue weighted by molar-refractivity contribution is 5.86. The van der Waals surface area contributed by atoms with E-state index in [2.05, 4.69) is 26.1 Å². The molecule has 0 spiro atoms. The van der Waals surface area contributed by atoms with Crippen molar-refractivity contribution < 1.29 is 19.4 Å². The van der Waals surface area contributed by atoms with Crippen LogP contribution in [0.3, 0.4) is 0 Å². The molecular formula is C23H37NO4. The van der Waals surface area contributed by atoms with Crippen molar-refractivity contribution >= 4 is 5.91 Å². The number of hydrogen-bond acceptors (Lipinski definition) is 4. The van der Waals surface area contributed by atoms with E-state index in [1.807, 2.05) is 27.7 Å². The zero-order valence-electron chi connectivity index (χ0n) is 18.6. The minimum absolute atomic E-state index is 0.0869. The Labute approximate surface area is 169 Å². The molecule has 0 bridgehead atoms. The number of ether oxygens (including phenoxy) is 2. The van der Waals surface area contributed by atoms with Gasteiger partial charge in [-0.05, 0) is 63.6 Å². The number of benzene rings is 1. The smallest absolute Gasteiger partial charge is 0.263 e. The lowest BCUT2D eigenvalue weighted by molar-refractivity contribution is -0.137. The molecule has 1 aromatic rings. The third kappa shape index (κ3) is 4.45. The van der Waals surface area contributed by atoms with Crippen LogP contribution in [0.25, 0.3) is 0 Å². The average Bonchev–Trinajstić information content (AvgIpc) is 2.69. The molecule has 2 rings (SSSR count). The Morgan fingerprint density at radius 2 is 1.93 bits per heavy atom. The Kier molecular flexibility index (Phi) is 7.02. The minimum Gasteiger partial charge on any atom is -0.507 e. The molecule has 0 saturated carbocycles. The van der Waals surface area contributed by atoms with Crippen LogP contribution in [0.5, 0.6) is 11.5 Å². The molecule has 5 nitrogen and oxygen atoms in total. The van der Waals surface area contributed by atoms with Crippen molar-refractivity contribution in [1.82, 2.24) is 5.32 Å². The predicted octanol–water partition coefficient (Wildman–Crippen LogP) is 4.36. The molecule has 0 aromatic heterocycles. The molecule has 0 aliphatic carbocycles. The summed E-state index contributed by atoms with van der Waals surface area (Å²) in [6.07, 6.45) is 3.22. The normalized spacial score (nSPS) is 20.8. The third-order valence-electron chi connectivity index (χ3n) is 6.33. The number of carbonyl (C=O) groups is 1. The minimum atomic E-state index is -0.910. The maximum absolute atomic E-state index is 13.0. The zero-order chi connectivity index (χ0) is 21.1. The first-order valence-electron chi connectivity index (χ1n) is 10.4. The second-order valence-electron chi connectivity index (χ2n) is 8.76. The summed E-state index contributed by atoms with van der Waals surface area (Å²) in [5.74, 6) is 0.996. The molecule has 0 radical (unpaired) electrons. The Balaban J connectivity index is 2.13. The molecule has 158 valence electrons. The largest absolute Gasteiger partial charge is 0.507 e. The standard InChI is InChI=1S/C23H37NO4/c1-8-12-27-14-22(6,9-2)13-24-21(26)23(7)11-10-18-17(5)19(25)15(3)16(4)20(18)28-23/h25H,8-14H2,1-7H3,(H,24,26). The molecule has 1 heterocycles. The Hall–Kier alpha value is -1.75. The number of amides is 1. The molecule has 2 N–H and O–H groups in total. The highest BCUT2D eigenvalue weighted by Gasteiger charge is 2.41. The SMILES string of the molecule is CCCOCC(C)(CC)CNC(=O)C1(C)CCc2c(C)c(O)c(C)c(C)c2O1. The van der Waals surface area contributed by atoms with Crippen LogP contribution in [0.15, 0.2) is 0 Å². The number of aromatic hydroxyl groups is 1. The van der Waals surface area contributed by atoms with Crippen LogP contribution in [0.2, 0.25) is 0 Å². The second-order valence-corrected chi connectivity index (χ2v) is 8.76. The lowest BCUT2D eigenvalue weighted by Gasteiger charge is -2.37. The number of phenolic OH excluding ortho intramolecular Hbond substituents is 1. The quantitative estimate of drug-likeness (QED) is 0.646. The van der Waals surface area contributed by atoms with Crippen LogP contribution in [0.1, 0.15) is 69.2 Å². The van der Waals surface area contributed by atoms with Crippen molar-refractivity contribution in [2.75, 3.05) is 19.8 Å². The van der Waals surface area contributed by atoms with Crippen LogP contribution in [-0.2, 0) is 16.0 Å². The second kappa shape index (κ2) is 8.73. The van der Waals surface area contributed by atoms with Gasteiger partial charge in [-0.1, -0.05) is 20.8 Å². The first-order chi connectivity index (χ1) is 13.1. The van der Waals surface area contributed by atoms with Gasteiger partial charge < -0.3 is 19.9 Å². The fourth-order valence-electron chi connectivity index (χ4n) is 3.63. The van der Waals surface area contributed by atoms with Gasteiger partial charge in [-0.2, -0.15) is 0 Å². The number of fused-ring (bicyclic) bond motifs is 1. The highest BCUT2D eigenvalue weighted by Crippen LogP contribution is 2.43. The molecule has 0 fully saturated rings. The summed E-state index contributed by atoms with van der Waals surface area (Å²) < 4.78 is 12.0. The summed E-state index contributed by atoms with van der Waals surface area (Å²) >= 11 is 0. The summed E-state index contributed by atoms with van der Waals surface area (Å²) in [4.78, 5) is 13.0. The van der Waals surface area contributed by atoms with Gasteiger partial charge in [0.2, 0.25) is 0 Å². The summed E-state index contributed by atoms with van der Waals surface area (Å²) in [6, 6.07) is 0. The van der Waals surface area contributed by atoms with Gasteiger partial charge in [0.15, 0.2) is 5.60 Å². The van der Waals surface area contributed by atoms with E-state index in [-0.39, 0.29) is 11.3 Å². The molecule has 1 aromatic carbocycles. The van der Waals surface area contributed by atoms with Crippen LogP contribution < -0.4 is 10.1 Å². The van der Waals surface area contributed by atoms with Gasteiger partial charge in [-0.3, -0.25) is 4.79 Å². The highest BCUT2D eigenvalue weighted by atomic mass is 16.5. The van der Waals surface area contributed by atoms with Crippen molar-refractivity contribution in [2.24, 2.45) is 5.41 Å². The Bertz CT molecular complexity index is 730. The van der Waals surface area contributed by atoms with Gasteiger partial charge in [-0.15, -0.1) is 0 Å². The first kappa shape index (κ1) is 22.5. The molecule has 5 heteroatoms. The monoisotopic (exact) mass is 391 g/mol. The topological polar surface area (TPSA) is 67.8 Å². The Morgan fingerprint density at radius 1 is 1.25 bits per heavy atom. The number of nitrogens with one attached hydrogen (secondary N) is 1. The third-order valence-corrected chi connectivity index (χ3v) is 6.33. The van der Waals surface area contributed by atoms with E-state index >= 15 is 0 Å². The van der Waals surface area contributed by atoms with Gasteiger partial charge in [0.1, 0.15) is 11.5 Å². The number of hydrogen-bond donors (Lipinski definition) is 2. The lowest BCUT2D eigenvalue weighted by Crippen LogP contribution is -2.53. The van der Waals surface area contributed by atoms with Crippen molar-refractivity contribution in [2.45, 2.75) is 79.8 Å². The van der Waals surface area contributed by atoms with E-state index in [0.29, 0.717) is 31.7 Å². The van der Waals surface area contributed by atoms with Crippen LogP contribution in [-0.4, -0.2) is 36.4 Å². The van der Waals surface area contributed by atoms with E-state index < -0.39 is 5.60 Å². The van der Waals surface area contributed by atoms with Crippen molar-refractivity contribution in [3.63, 3.8) is 0 Å². The van der Waals surface area contributed by atoms with E-state index in [4.69, 9.17) is 9.47 Å². The number of phenols is 1. The molecule has 1 amide bonds. The molecule has 1 aliphatic rings. The van der Waals surface area contributed by atoms with Gasteiger partial charge in [0, 0.05) is 30.6 Å². The number of carbonyl (C=O) groups excluding carboxylic acids is 1. The summed E-state index contributed by atoms with van der Waals surface area (Å²) in [7, 11) is 0. The number of rotatable bonds is 8. The van der Waals surface area contributed by atoms with E-state index in [1.54, 1.807) is 0 Å². The van der Waals surface area contributed by atoms with Crippen LogP contribution in [0, 0.1) is 26.2 Å². The fourth-order valence-corrected chi connectivity index (χ4v) is 3.63. The maximum atomic E-state index is 13.0. The maximum Gasteiger partial charge on any atom is 0.263 e. The lowest BCUT2D eigenvalue weighted by atomic mass is 9.85. The van der Waals surface area contributed by atoms with Crippen LogP contribution >= 0.6 is 0 Å². The molecular weight excluding hydrogens is 354 g/mol. The van der Waals surface area contributed by atoms with E-state index in [0.717, 1.165) is 47.5 Å². The van der Waals surface area contributed by atoms with Gasteiger partial charge in [0.05, 0.1) is 6.61 Å². The van der Waals surface area contributed by atoms with Crippen molar-refractivity contribution in [3.05, 3.63) is 22.3 Å².